The molecule has 0 radical (unpaired) electrons. The summed E-state index contributed by atoms with van der Waals surface area (Å²) < 4.78 is 0. The first-order chi connectivity index (χ1) is 9.72. The number of nitrogens with one attached hydrogen (secondary N) is 2. The van der Waals surface area contributed by atoms with Crippen LogP contribution in [0.1, 0.15) is 18.4 Å². The summed E-state index contributed by atoms with van der Waals surface area (Å²) in [7, 11) is 0. The molecule has 0 saturated carbocycles. The number of nitrogens with zero attached hydrogens (tertiary/aromatic N) is 1. The summed E-state index contributed by atoms with van der Waals surface area (Å²) in [4.78, 5) is 0. The van der Waals surface area contributed by atoms with Gasteiger partial charge in [0, 0.05) is 22.6 Å². The molecule has 0 bridgehead atoms. The first kappa shape index (κ1) is 13.0. The Morgan fingerprint density at radius 1 is 1.25 bits per heavy atom. The Morgan fingerprint density at radius 2 is 2.15 bits per heavy atom. The second-order valence-corrected chi connectivity index (χ2v) is 5.45. The Bertz CT molecular complexity index is 720. The third-order valence-electron chi connectivity index (χ3n) is 3.47. The summed E-state index contributed by atoms with van der Waals surface area (Å²) in [6.45, 7) is 3.05. The van der Waals surface area contributed by atoms with E-state index in [0.717, 1.165) is 28.2 Å². The Labute approximate surface area is 123 Å². The maximum atomic E-state index is 6.03. The van der Waals surface area contributed by atoms with E-state index in [2.05, 4.69) is 40.6 Å². The summed E-state index contributed by atoms with van der Waals surface area (Å²) >= 11 is 6.03. The van der Waals surface area contributed by atoms with Crippen molar-refractivity contribution in [1.82, 2.24) is 10.2 Å². The Morgan fingerprint density at radius 3 is 3.00 bits per heavy atom. The molecule has 20 heavy (non-hydrogen) atoms. The monoisotopic (exact) mass is 285 g/mol. The standard InChI is InChI=1S/C16H16ClN3/c1-11(12-3-2-4-14(17)7-12)9-18-15-5-6-16-13(8-15)10-19-20-16/h2-8,10-11,18H,9H2,1H3,(H,19,20). The van der Waals surface area contributed by atoms with Crippen molar-refractivity contribution in [3.05, 3.63) is 59.2 Å². The van der Waals surface area contributed by atoms with Crippen molar-refractivity contribution in [2.45, 2.75) is 12.8 Å². The minimum Gasteiger partial charge on any atom is -0.384 e. The molecule has 1 unspecified atom stereocenters. The fourth-order valence-corrected chi connectivity index (χ4v) is 2.45. The zero-order valence-corrected chi connectivity index (χ0v) is 12.0. The van der Waals surface area contributed by atoms with Crippen molar-refractivity contribution in [1.29, 1.82) is 0 Å². The van der Waals surface area contributed by atoms with Gasteiger partial charge in [0.15, 0.2) is 0 Å². The van der Waals surface area contributed by atoms with Crippen LogP contribution in [-0.2, 0) is 0 Å². The van der Waals surface area contributed by atoms with E-state index in [1.807, 2.05) is 30.5 Å². The van der Waals surface area contributed by atoms with Crippen molar-refractivity contribution in [3.63, 3.8) is 0 Å². The average molecular weight is 286 g/mol. The highest BCUT2D eigenvalue weighted by atomic mass is 35.5. The van der Waals surface area contributed by atoms with Gasteiger partial charge in [-0.3, -0.25) is 5.10 Å². The Balaban J connectivity index is 1.69. The molecule has 102 valence electrons. The molecule has 1 atom stereocenters. The third kappa shape index (κ3) is 2.78. The summed E-state index contributed by atoms with van der Waals surface area (Å²) in [5, 5.41) is 12.3. The van der Waals surface area contributed by atoms with Crippen LogP contribution in [0.3, 0.4) is 0 Å². The van der Waals surface area contributed by atoms with Gasteiger partial charge in [0.05, 0.1) is 11.7 Å². The van der Waals surface area contributed by atoms with Crippen molar-refractivity contribution >= 4 is 28.2 Å². The minimum absolute atomic E-state index is 0.397. The molecule has 1 heterocycles. The van der Waals surface area contributed by atoms with Crippen LogP contribution in [0.5, 0.6) is 0 Å². The fraction of sp³-hybridized carbons (Fsp3) is 0.188. The lowest BCUT2D eigenvalue weighted by atomic mass is 10.0. The van der Waals surface area contributed by atoms with Gasteiger partial charge in [0.2, 0.25) is 0 Å². The zero-order chi connectivity index (χ0) is 13.9. The number of halogens is 1. The van der Waals surface area contributed by atoms with Crippen molar-refractivity contribution in [3.8, 4) is 0 Å². The highest BCUT2D eigenvalue weighted by Gasteiger charge is 2.06. The van der Waals surface area contributed by atoms with E-state index in [1.165, 1.54) is 5.56 Å². The smallest absolute Gasteiger partial charge is 0.0651 e. The van der Waals surface area contributed by atoms with Gasteiger partial charge < -0.3 is 5.32 Å². The van der Waals surface area contributed by atoms with Crippen LogP contribution in [0, 0.1) is 0 Å². The van der Waals surface area contributed by atoms with E-state index in [4.69, 9.17) is 11.6 Å². The minimum atomic E-state index is 0.397. The van der Waals surface area contributed by atoms with Crippen molar-refractivity contribution in [2.24, 2.45) is 0 Å². The van der Waals surface area contributed by atoms with E-state index >= 15 is 0 Å². The molecule has 0 saturated heterocycles. The highest BCUT2D eigenvalue weighted by Crippen LogP contribution is 2.21. The lowest BCUT2D eigenvalue weighted by Crippen LogP contribution is -2.09. The van der Waals surface area contributed by atoms with Crippen LogP contribution in [-0.4, -0.2) is 16.7 Å². The summed E-state index contributed by atoms with van der Waals surface area (Å²) in [5.74, 6) is 0.397. The van der Waals surface area contributed by atoms with E-state index in [0.29, 0.717) is 5.92 Å². The van der Waals surface area contributed by atoms with E-state index in [1.54, 1.807) is 0 Å². The first-order valence-electron chi connectivity index (χ1n) is 6.65. The van der Waals surface area contributed by atoms with Gasteiger partial charge in [-0.2, -0.15) is 5.10 Å². The van der Waals surface area contributed by atoms with E-state index in [-0.39, 0.29) is 0 Å². The number of aromatic amines is 1. The molecule has 0 fully saturated rings. The number of benzene rings is 2. The molecule has 0 aliphatic heterocycles. The topological polar surface area (TPSA) is 40.7 Å². The van der Waals surface area contributed by atoms with Crippen LogP contribution in [0.4, 0.5) is 5.69 Å². The van der Waals surface area contributed by atoms with Crippen LogP contribution >= 0.6 is 11.6 Å². The Hall–Kier alpha value is -2.00. The van der Waals surface area contributed by atoms with Gasteiger partial charge >= 0.3 is 0 Å². The van der Waals surface area contributed by atoms with Gasteiger partial charge in [-0.25, -0.2) is 0 Å². The fourth-order valence-electron chi connectivity index (χ4n) is 2.25. The van der Waals surface area contributed by atoms with Gasteiger partial charge in [0.25, 0.3) is 0 Å². The molecule has 4 heteroatoms. The molecule has 0 amide bonds. The van der Waals surface area contributed by atoms with Gasteiger partial charge in [-0.1, -0.05) is 30.7 Å². The van der Waals surface area contributed by atoms with E-state index in [9.17, 15) is 0 Å². The van der Waals surface area contributed by atoms with Crippen LogP contribution < -0.4 is 5.32 Å². The molecule has 0 spiro atoms. The molecule has 3 rings (SSSR count). The van der Waals surface area contributed by atoms with E-state index < -0.39 is 0 Å². The van der Waals surface area contributed by atoms with Gasteiger partial charge in [-0.05, 0) is 41.8 Å². The number of hydrogen-bond acceptors (Lipinski definition) is 2. The summed E-state index contributed by atoms with van der Waals surface area (Å²) in [6.07, 6.45) is 1.83. The Kier molecular flexibility index (Phi) is 3.61. The van der Waals surface area contributed by atoms with Gasteiger partial charge in [-0.15, -0.1) is 0 Å². The highest BCUT2D eigenvalue weighted by molar-refractivity contribution is 6.30. The van der Waals surface area contributed by atoms with Crippen molar-refractivity contribution in [2.75, 3.05) is 11.9 Å². The largest absolute Gasteiger partial charge is 0.384 e. The van der Waals surface area contributed by atoms with Gasteiger partial charge in [0.1, 0.15) is 0 Å². The maximum Gasteiger partial charge on any atom is 0.0651 e. The number of rotatable bonds is 4. The molecule has 1 aromatic heterocycles. The SMILES string of the molecule is CC(CNc1ccc2[nH]ncc2c1)c1cccc(Cl)c1. The summed E-state index contributed by atoms with van der Waals surface area (Å²) in [6, 6.07) is 14.2. The predicted octanol–water partition coefficient (Wildman–Crippen LogP) is 4.43. The normalized spacial score (nSPS) is 12.5. The number of aromatic nitrogens is 2. The maximum absolute atomic E-state index is 6.03. The molecule has 3 aromatic rings. The van der Waals surface area contributed by atoms with Crippen LogP contribution in [0.2, 0.25) is 5.02 Å². The number of H-pyrrole nitrogens is 1. The third-order valence-corrected chi connectivity index (χ3v) is 3.71. The first-order valence-corrected chi connectivity index (χ1v) is 7.02. The average Bonchev–Trinajstić information content (AvgIpc) is 2.92. The molecule has 2 aromatic carbocycles. The molecule has 2 N–H and O–H groups in total. The molecule has 0 aliphatic carbocycles. The number of fused-ring (bicyclic) bond motifs is 1. The lowest BCUT2D eigenvalue weighted by Gasteiger charge is -2.14. The second kappa shape index (κ2) is 5.55. The number of anilines is 1. The number of hydrogen-bond donors (Lipinski definition) is 2. The quantitative estimate of drug-likeness (QED) is 0.744. The summed E-state index contributed by atoms with van der Waals surface area (Å²) in [5.41, 5.74) is 3.40. The second-order valence-electron chi connectivity index (χ2n) is 5.01. The molecular weight excluding hydrogens is 270 g/mol. The predicted molar refractivity (Wildman–Crippen MR) is 84.5 cm³/mol. The zero-order valence-electron chi connectivity index (χ0n) is 11.2. The van der Waals surface area contributed by atoms with Crippen LogP contribution in [0.15, 0.2) is 48.7 Å². The lowest BCUT2D eigenvalue weighted by molar-refractivity contribution is 0.805. The molecule has 3 nitrogen and oxygen atoms in total. The molecular formula is C16H16ClN3. The van der Waals surface area contributed by atoms with Crippen molar-refractivity contribution < 1.29 is 0 Å². The molecule has 0 aliphatic rings. The van der Waals surface area contributed by atoms with Crippen LogP contribution in [0.25, 0.3) is 10.9 Å².